The Bertz CT molecular complexity index is 76.6. The molecule has 1 heteroatoms. The lowest BCUT2D eigenvalue weighted by molar-refractivity contribution is 0.209. The number of allylic oxidation sites excluding steroid dienone is 1. The van der Waals surface area contributed by atoms with Crippen molar-refractivity contribution in [1.82, 2.24) is 0 Å². The average Bonchev–Trinajstić information content (AvgIpc) is 1.85. The van der Waals surface area contributed by atoms with Crippen molar-refractivity contribution in [2.45, 2.75) is 39.2 Å². The van der Waals surface area contributed by atoms with Crippen molar-refractivity contribution in [3.8, 4) is 0 Å². The van der Waals surface area contributed by atoms with Crippen LogP contribution in [0.2, 0.25) is 0 Å². The van der Waals surface area contributed by atoms with E-state index in [-0.39, 0.29) is 6.10 Å². The van der Waals surface area contributed by atoms with Gasteiger partial charge in [0.15, 0.2) is 0 Å². The van der Waals surface area contributed by atoms with E-state index in [1.165, 1.54) is 0 Å². The molecular formula is C8H16O. The van der Waals surface area contributed by atoms with E-state index in [4.69, 9.17) is 5.11 Å². The molecule has 1 nitrogen and oxygen atoms in total. The molecule has 1 N–H and O–H groups in total. The molecule has 0 saturated heterocycles. The highest BCUT2D eigenvalue weighted by molar-refractivity contribution is 4.84. The lowest BCUT2D eigenvalue weighted by Crippen LogP contribution is -2.00. The molecule has 0 spiro atoms. The van der Waals surface area contributed by atoms with Gasteiger partial charge in [0.05, 0.1) is 6.10 Å². The highest BCUT2D eigenvalue weighted by atomic mass is 16.3. The molecule has 0 heterocycles. The summed E-state index contributed by atoms with van der Waals surface area (Å²) in [6.07, 6.45) is 6.69. The van der Waals surface area contributed by atoms with Crippen molar-refractivity contribution in [3.05, 3.63) is 12.2 Å². The van der Waals surface area contributed by atoms with Gasteiger partial charge in [0.1, 0.15) is 0 Å². The maximum Gasteiger partial charge on any atom is 0.0720 e. The van der Waals surface area contributed by atoms with Gasteiger partial charge in [-0.25, -0.2) is 0 Å². The van der Waals surface area contributed by atoms with Gasteiger partial charge < -0.3 is 5.11 Å². The van der Waals surface area contributed by atoms with E-state index in [2.05, 4.69) is 6.92 Å². The van der Waals surface area contributed by atoms with Crippen molar-refractivity contribution in [3.63, 3.8) is 0 Å². The minimum absolute atomic E-state index is 0.213. The summed E-state index contributed by atoms with van der Waals surface area (Å²) in [6, 6.07) is 0. The van der Waals surface area contributed by atoms with Gasteiger partial charge in [0.2, 0.25) is 0 Å². The normalized spacial score (nSPS) is 14.6. The molecule has 0 bridgehead atoms. The summed E-state index contributed by atoms with van der Waals surface area (Å²) >= 11 is 0. The van der Waals surface area contributed by atoms with Gasteiger partial charge in [-0.15, -0.1) is 0 Å². The fourth-order valence-electron chi connectivity index (χ4n) is 0.732. The van der Waals surface area contributed by atoms with Gasteiger partial charge in [-0.1, -0.05) is 31.9 Å². The predicted octanol–water partition coefficient (Wildman–Crippen LogP) is 2.11. The molecule has 0 aliphatic heterocycles. The molecule has 0 aliphatic carbocycles. The van der Waals surface area contributed by atoms with Crippen LogP contribution >= 0.6 is 0 Å². The van der Waals surface area contributed by atoms with Crippen molar-refractivity contribution >= 4 is 0 Å². The summed E-state index contributed by atoms with van der Waals surface area (Å²) in [7, 11) is 0. The van der Waals surface area contributed by atoms with Crippen molar-refractivity contribution in [1.29, 1.82) is 0 Å². The molecule has 0 aromatic rings. The van der Waals surface area contributed by atoms with Crippen LogP contribution in [-0.2, 0) is 0 Å². The van der Waals surface area contributed by atoms with Crippen LogP contribution in [0.4, 0.5) is 0 Å². The topological polar surface area (TPSA) is 20.2 Å². The van der Waals surface area contributed by atoms with Gasteiger partial charge in [0, 0.05) is 0 Å². The number of hydrogen-bond donors (Lipinski definition) is 1. The quantitative estimate of drug-likeness (QED) is 0.575. The number of aliphatic hydroxyl groups excluding tert-OH is 1. The van der Waals surface area contributed by atoms with E-state index in [9.17, 15) is 0 Å². The molecule has 0 amide bonds. The average molecular weight is 128 g/mol. The first-order valence-corrected chi connectivity index (χ1v) is 3.62. The summed E-state index contributed by atoms with van der Waals surface area (Å²) in [5.41, 5.74) is 0. The summed E-state index contributed by atoms with van der Waals surface area (Å²) in [4.78, 5) is 0. The first-order valence-electron chi connectivity index (χ1n) is 3.62. The molecule has 0 saturated carbocycles. The summed E-state index contributed by atoms with van der Waals surface area (Å²) in [5, 5.41) is 9.09. The molecular weight excluding hydrogens is 112 g/mol. The molecule has 1 atom stereocenters. The van der Waals surface area contributed by atoms with Crippen LogP contribution in [0.3, 0.4) is 0 Å². The summed E-state index contributed by atoms with van der Waals surface area (Å²) < 4.78 is 0. The summed E-state index contributed by atoms with van der Waals surface area (Å²) in [5.74, 6) is 0. The molecule has 0 aliphatic rings. The highest BCUT2D eigenvalue weighted by Crippen LogP contribution is 2.00. The summed E-state index contributed by atoms with van der Waals surface area (Å²) in [6.45, 7) is 4.05. The van der Waals surface area contributed by atoms with E-state index in [1.807, 2.05) is 19.1 Å². The third kappa shape index (κ3) is 5.57. The Hall–Kier alpha value is -0.300. The maximum atomic E-state index is 9.09. The predicted molar refractivity (Wildman–Crippen MR) is 40.3 cm³/mol. The van der Waals surface area contributed by atoms with Gasteiger partial charge in [-0.3, -0.25) is 0 Å². The molecule has 1 unspecified atom stereocenters. The minimum atomic E-state index is -0.213. The second-order valence-corrected chi connectivity index (χ2v) is 2.24. The fourth-order valence-corrected chi connectivity index (χ4v) is 0.732. The molecule has 0 radical (unpaired) electrons. The number of unbranched alkanes of at least 4 members (excludes halogenated alkanes) is 1. The second kappa shape index (κ2) is 5.83. The first-order chi connectivity index (χ1) is 4.31. The van der Waals surface area contributed by atoms with Gasteiger partial charge in [0.25, 0.3) is 0 Å². The van der Waals surface area contributed by atoms with Crippen LogP contribution in [0.25, 0.3) is 0 Å². The van der Waals surface area contributed by atoms with Gasteiger partial charge in [-0.2, -0.15) is 0 Å². The van der Waals surface area contributed by atoms with Crippen LogP contribution in [0.5, 0.6) is 0 Å². The maximum absolute atomic E-state index is 9.09. The number of rotatable bonds is 4. The zero-order valence-electron chi connectivity index (χ0n) is 6.30. The van der Waals surface area contributed by atoms with Crippen LogP contribution in [0.15, 0.2) is 12.2 Å². The van der Waals surface area contributed by atoms with E-state index in [0.29, 0.717) is 0 Å². The van der Waals surface area contributed by atoms with Crippen LogP contribution in [-0.4, -0.2) is 11.2 Å². The van der Waals surface area contributed by atoms with Gasteiger partial charge >= 0.3 is 0 Å². The molecule has 0 rings (SSSR count). The number of aliphatic hydroxyl groups is 1. The molecule has 0 aromatic carbocycles. The van der Waals surface area contributed by atoms with Crippen LogP contribution < -0.4 is 0 Å². The van der Waals surface area contributed by atoms with Crippen molar-refractivity contribution < 1.29 is 5.11 Å². The SMILES string of the molecule is CC=CC(O)CCCC. The molecule has 0 aromatic heterocycles. The number of hydrogen-bond acceptors (Lipinski definition) is 1. The Labute approximate surface area is 57.4 Å². The van der Waals surface area contributed by atoms with E-state index in [1.54, 1.807) is 0 Å². The third-order valence-electron chi connectivity index (χ3n) is 1.27. The van der Waals surface area contributed by atoms with Crippen molar-refractivity contribution in [2.75, 3.05) is 0 Å². The molecule has 54 valence electrons. The zero-order valence-corrected chi connectivity index (χ0v) is 6.30. The standard InChI is InChI=1S/C8H16O/c1-3-5-7-8(9)6-4-2/h4,6,8-9H,3,5,7H2,1-2H3. The van der Waals surface area contributed by atoms with E-state index in [0.717, 1.165) is 19.3 Å². The Balaban J connectivity index is 3.15. The Kier molecular flexibility index (Phi) is 5.64. The largest absolute Gasteiger partial charge is 0.389 e. The Morgan fingerprint density at radius 3 is 2.67 bits per heavy atom. The smallest absolute Gasteiger partial charge is 0.0720 e. The van der Waals surface area contributed by atoms with Crippen LogP contribution in [0.1, 0.15) is 33.1 Å². The molecule has 0 fully saturated rings. The van der Waals surface area contributed by atoms with E-state index >= 15 is 0 Å². The Morgan fingerprint density at radius 1 is 1.56 bits per heavy atom. The minimum Gasteiger partial charge on any atom is -0.389 e. The van der Waals surface area contributed by atoms with Crippen LogP contribution in [0, 0.1) is 0 Å². The lowest BCUT2D eigenvalue weighted by Gasteiger charge is -2.01. The third-order valence-corrected chi connectivity index (χ3v) is 1.27. The van der Waals surface area contributed by atoms with Crippen molar-refractivity contribution in [2.24, 2.45) is 0 Å². The molecule has 9 heavy (non-hydrogen) atoms. The fraction of sp³-hybridized carbons (Fsp3) is 0.750. The zero-order chi connectivity index (χ0) is 7.11. The second-order valence-electron chi connectivity index (χ2n) is 2.24. The monoisotopic (exact) mass is 128 g/mol. The van der Waals surface area contributed by atoms with Gasteiger partial charge in [-0.05, 0) is 13.3 Å². The Morgan fingerprint density at radius 2 is 2.22 bits per heavy atom. The van der Waals surface area contributed by atoms with E-state index < -0.39 is 0 Å². The lowest BCUT2D eigenvalue weighted by atomic mass is 10.1. The highest BCUT2D eigenvalue weighted by Gasteiger charge is 1.94. The first kappa shape index (κ1) is 8.70.